The highest BCUT2D eigenvalue weighted by atomic mass is 19.1. The molecule has 1 aromatic carbocycles. The van der Waals surface area contributed by atoms with Gasteiger partial charge in [0.1, 0.15) is 5.69 Å². The van der Waals surface area contributed by atoms with Crippen molar-refractivity contribution in [3.63, 3.8) is 0 Å². The molecule has 1 rings (SSSR count). The van der Waals surface area contributed by atoms with Crippen molar-refractivity contribution in [1.29, 1.82) is 0 Å². The molecule has 0 aliphatic rings. The monoisotopic (exact) mass is 200 g/mol. The molecule has 1 atom stereocenters. The number of nitrogen functional groups attached to an aromatic ring is 1. The van der Waals surface area contributed by atoms with E-state index >= 15 is 0 Å². The molecule has 1 aromatic rings. The van der Waals surface area contributed by atoms with Crippen LogP contribution >= 0.6 is 0 Å². The summed E-state index contributed by atoms with van der Waals surface area (Å²) in [6.07, 6.45) is 0.795. The van der Waals surface area contributed by atoms with Crippen molar-refractivity contribution in [2.75, 3.05) is 11.1 Å². The molecule has 3 N–H and O–H groups in total. The lowest BCUT2D eigenvalue weighted by molar-refractivity contribution is 0.583. The molecule has 1 unspecified atom stereocenters. The van der Waals surface area contributed by atoms with E-state index < -0.39 is 11.6 Å². The lowest BCUT2D eigenvalue weighted by Crippen LogP contribution is -2.16. The number of hydrogen-bond donors (Lipinski definition) is 2. The summed E-state index contributed by atoms with van der Waals surface area (Å²) in [4.78, 5) is 0. The lowest BCUT2D eigenvalue weighted by atomic mass is 10.2. The van der Waals surface area contributed by atoms with Crippen LogP contribution in [0.3, 0.4) is 0 Å². The SMILES string of the molecule is CCC(C)Nc1c(F)cc(N)cc1F. The molecule has 4 heteroatoms. The first-order valence-electron chi connectivity index (χ1n) is 4.55. The highest BCUT2D eigenvalue weighted by Crippen LogP contribution is 2.22. The van der Waals surface area contributed by atoms with E-state index in [0.717, 1.165) is 18.6 Å². The molecule has 0 aliphatic carbocycles. The predicted molar refractivity (Wildman–Crippen MR) is 54.1 cm³/mol. The fourth-order valence-corrected chi connectivity index (χ4v) is 1.08. The first-order chi connectivity index (χ1) is 6.54. The van der Waals surface area contributed by atoms with Gasteiger partial charge in [0, 0.05) is 11.7 Å². The Kier molecular flexibility index (Phi) is 3.28. The Balaban J connectivity index is 2.96. The highest BCUT2D eigenvalue weighted by molar-refractivity contribution is 5.54. The van der Waals surface area contributed by atoms with Gasteiger partial charge in [-0.3, -0.25) is 0 Å². The van der Waals surface area contributed by atoms with Crippen LogP contribution in [0.25, 0.3) is 0 Å². The molecule has 0 amide bonds. The Labute approximate surface area is 82.1 Å². The summed E-state index contributed by atoms with van der Waals surface area (Å²) in [6.45, 7) is 3.79. The average Bonchev–Trinajstić information content (AvgIpc) is 2.10. The summed E-state index contributed by atoms with van der Waals surface area (Å²) in [7, 11) is 0. The molecule has 0 spiro atoms. The van der Waals surface area contributed by atoms with Crippen molar-refractivity contribution in [1.82, 2.24) is 0 Å². The standard InChI is InChI=1S/C10H14F2N2/c1-3-6(2)14-10-8(11)4-7(13)5-9(10)12/h4-6,14H,3,13H2,1-2H3. The summed E-state index contributed by atoms with van der Waals surface area (Å²) in [5.41, 5.74) is 5.27. The van der Waals surface area contributed by atoms with E-state index in [9.17, 15) is 8.78 Å². The van der Waals surface area contributed by atoms with Crippen molar-refractivity contribution >= 4 is 11.4 Å². The number of benzene rings is 1. The van der Waals surface area contributed by atoms with Crippen LogP contribution in [0.15, 0.2) is 12.1 Å². The molecular formula is C10H14F2N2. The maximum atomic E-state index is 13.2. The average molecular weight is 200 g/mol. The van der Waals surface area contributed by atoms with E-state index in [1.165, 1.54) is 0 Å². The molecule has 78 valence electrons. The van der Waals surface area contributed by atoms with Gasteiger partial charge in [0.2, 0.25) is 0 Å². The minimum Gasteiger partial charge on any atom is -0.399 e. The Bertz CT molecular complexity index is 303. The summed E-state index contributed by atoms with van der Waals surface area (Å²) >= 11 is 0. The molecule has 0 aromatic heterocycles. The number of hydrogen-bond acceptors (Lipinski definition) is 2. The van der Waals surface area contributed by atoms with Crippen LogP contribution in [0, 0.1) is 11.6 Å². The molecular weight excluding hydrogens is 186 g/mol. The van der Waals surface area contributed by atoms with Crippen LogP contribution in [0.4, 0.5) is 20.2 Å². The van der Waals surface area contributed by atoms with Gasteiger partial charge in [0.25, 0.3) is 0 Å². The summed E-state index contributed by atoms with van der Waals surface area (Å²) in [6, 6.07) is 2.24. The molecule has 0 radical (unpaired) electrons. The van der Waals surface area contributed by atoms with Gasteiger partial charge in [-0.25, -0.2) is 8.78 Å². The fraction of sp³-hybridized carbons (Fsp3) is 0.400. The van der Waals surface area contributed by atoms with Crippen molar-refractivity contribution in [2.24, 2.45) is 0 Å². The molecule has 0 heterocycles. The second-order valence-corrected chi connectivity index (χ2v) is 3.31. The molecule has 14 heavy (non-hydrogen) atoms. The topological polar surface area (TPSA) is 38.0 Å². The Morgan fingerprint density at radius 1 is 1.36 bits per heavy atom. The van der Waals surface area contributed by atoms with Crippen LogP contribution in [0.2, 0.25) is 0 Å². The third-order valence-corrected chi connectivity index (χ3v) is 2.07. The highest BCUT2D eigenvalue weighted by Gasteiger charge is 2.11. The summed E-state index contributed by atoms with van der Waals surface area (Å²) in [5, 5.41) is 2.75. The molecule has 0 bridgehead atoms. The van der Waals surface area contributed by atoms with Gasteiger partial charge in [0.05, 0.1) is 0 Å². The Hall–Kier alpha value is -1.32. The van der Waals surface area contributed by atoms with E-state index in [-0.39, 0.29) is 17.4 Å². The van der Waals surface area contributed by atoms with Gasteiger partial charge in [-0.15, -0.1) is 0 Å². The second kappa shape index (κ2) is 4.26. The van der Waals surface area contributed by atoms with Crippen LogP contribution in [-0.4, -0.2) is 6.04 Å². The molecule has 0 saturated carbocycles. The zero-order chi connectivity index (χ0) is 10.7. The zero-order valence-corrected chi connectivity index (χ0v) is 8.27. The van der Waals surface area contributed by atoms with Gasteiger partial charge in [0.15, 0.2) is 11.6 Å². The third kappa shape index (κ3) is 2.34. The fourth-order valence-electron chi connectivity index (χ4n) is 1.08. The van der Waals surface area contributed by atoms with Crippen molar-refractivity contribution in [3.05, 3.63) is 23.8 Å². The van der Waals surface area contributed by atoms with Gasteiger partial charge < -0.3 is 11.1 Å². The zero-order valence-electron chi connectivity index (χ0n) is 8.27. The largest absolute Gasteiger partial charge is 0.399 e. The number of nitrogens with two attached hydrogens (primary N) is 1. The van der Waals surface area contributed by atoms with Gasteiger partial charge in [-0.05, 0) is 25.5 Å². The normalized spacial score (nSPS) is 12.6. The quantitative estimate of drug-likeness (QED) is 0.736. The minimum absolute atomic E-state index is 0.0302. The van der Waals surface area contributed by atoms with Crippen molar-refractivity contribution in [3.8, 4) is 0 Å². The van der Waals surface area contributed by atoms with Crippen LogP contribution in [0.1, 0.15) is 20.3 Å². The van der Waals surface area contributed by atoms with E-state index in [4.69, 9.17) is 5.73 Å². The third-order valence-electron chi connectivity index (χ3n) is 2.07. The Morgan fingerprint density at radius 2 is 1.86 bits per heavy atom. The van der Waals surface area contributed by atoms with E-state index in [1.54, 1.807) is 0 Å². The number of anilines is 2. The minimum atomic E-state index is -0.650. The van der Waals surface area contributed by atoms with Crippen molar-refractivity contribution in [2.45, 2.75) is 26.3 Å². The first-order valence-corrected chi connectivity index (χ1v) is 4.55. The maximum absolute atomic E-state index is 13.2. The van der Waals surface area contributed by atoms with Gasteiger partial charge in [-0.2, -0.15) is 0 Å². The molecule has 2 nitrogen and oxygen atoms in total. The lowest BCUT2D eigenvalue weighted by Gasteiger charge is -2.14. The van der Waals surface area contributed by atoms with Gasteiger partial charge >= 0.3 is 0 Å². The van der Waals surface area contributed by atoms with E-state index in [2.05, 4.69) is 5.32 Å². The van der Waals surface area contributed by atoms with Crippen LogP contribution in [-0.2, 0) is 0 Å². The summed E-state index contributed by atoms with van der Waals surface area (Å²) < 4.78 is 26.5. The maximum Gasteiger partial charge on any atom is 0.151 e. The second-order valence-electron chi connectivity index (χ2n) is 3.31. The summed E-state index contributed by atoms with van der Waals surface area (Å²) in [5.74, 6) is -1.30. The van der Waals surface area contributed by atoms with E-state index in [1.807, 2.05) is 13.8 Å². The van der Waals surface area contributed by atoms with E-state index in [0.29, 0.717) is 0 Å². The van der Waals surface area contributed by atoms with Crippen LogP contribution in [0.5, 0.6) is 0 Å². The van der Waals surface area contributed by atoms with Crippen molar-refractivity contribution < 1.29 is 8.78 Å². The number of nitrogens with one attached hydrogen (secondary N) is 1. The molecule has 0 fully saturated rings. The molecule has 0 aliphatic heterocycles. The smallest absolute Gasteiger partial charge is 0.151 e. The predicted octanol–water partition coefficient (Wildman–Crippen LogP) is 2.76. The number of rotatable bonds is 3. The van der Waals surface area contributed by atoms with Crippen LogP contribution < -0.4 is 11.1 Å². The molecule has 0 saturated heterocycles. The number of halogens is 2. The first kappa shape index (κ1) is 10.8. The van der Waals surface area contributed by atoms with Gasteiger partial charge in [-0.1, -0.05) is 6.92 Å². The Morgan fingerprint density at radius 3 is 2.29 bits per heavy atom.